The van der Waals surface area contributed by atoms with E-state index < -0.39 is 15.6 Å². The van der Waals surface area contributed by atoms with Crippen molar-refractivity contribution < 1.29 is 13.5 Å². The fourth-order valence-corrected chi connectivity index (χ4v) is 3.43. The molecule has 16 heavy (non-hydrogen) atoms. The van der Waals surface area contributed by atoms with Gasteiger partial charge in [0.05, 0.1) is 18.3 Å². The molecule has 0 spiro atoms. The van der Waals surface area contributed by atoms with Crippen LogP contribution in [0.3, 0.4) is 0 Å². The fraction of sp³-hybridized carbons (Fsp3) is 0.667. The highest BCUT2D eigenvalue weighted by molar-refractivity contribution is 7.89. The van der Waals surface area contributed by atoms with E-state index in [2.05, 4.69) is 14.9 Å². The van der Waals surface area contributed by atoms with Crippen molar-refractivity contribution in [2.45, 2.75) is 36.1 Å². The van der Waals surface area contributed by atoms with E-state index in [0.29, 0.717) is 12.8 Å². The summed E-state index contributed by atoms with van der Waals surface area (Å²) in [6.45, 7) is -0.163. The number of hydrogen-bond acceptors (Lipinski definition) is 4. The maximum Gasteiger partial charge on any atom is 0.244 e. The smallest absolute Gasteiger partial charge is 0.244 e. The van der Waals surface area contributed by atoms with E-state index in [1.807, 2.05) is 0 Å². The highest BCUT2D eigenvalue weighted by Crippen LogP contribution is 2.30. The average molecular weight is 245 g/mol. The summed E-state index contributed by atoms with van der Waals surface area (Å²) in [5.41, 5.74) is -0.684. The summed E-state index contributed by atoms with van der Waals surface area (Å²) in [5, 5.41) is 15.4. The van der Waals surface area contributed by atoms with E-state index in [4.69, 9.17) is 0 Å². The zero-order valence-electron chi connectivity index (χ0n) is 8.81. The molecule has 2 rings (SSSR count). The van der Waals surface area contributed by atoms with Crippen LogP contribution in [0.1, 0.15) is 25.7 Å². The maximum absolute atomic E-state index is 11.9. The Hall–Kier alpha value is -0.920. The molecule has 1 aliphatic rings. The van der Waals surface area contributed by atoms with Crippen LogP contribution in [0.15, 0.2) is 17.3 Å². The van der Waals surface area contributed by atoms with Crippen LogP contribution in [0.2, 0.25) is 0 Å². The second-order valence-corrected chi connectivity index (χ2v) is 5.87. The predicted molar refractivity (Wildman–Crippen MR) is 57.2 cm³/mol. The average Bonchev–Trinajstić information content (AvgIpc) is 2.87. The molecule has 1 heterocycles. The summed E-state index contributed by atoms with van der Waals surface area (Å²) in [6.07, 6.45) is 5.81. The highest BCUT2D eigenvalue weighted by Gasteiger charge is 2.37. The molecule has 1 aromatic rings. The number of hydrogen-bond donors (Lipinski definition) is 3. The van der Waals surface area contributed by atoms with Crippen LogP contribution < -0.4 is 4.72 Å². The molecule has 6 nitrogen and oxygen atoms in total. The van der Waals surface area contributed by atoms with Crippen molar-refractivity contribution in [1.82, 2.24) is 14.9 Å². The van der Waals surface area contributed by atoms with Crippen LogP contribution in [0, 0.1) is 0 Å². The molecule has 90 valence electrons. The number of sulfonamides is 1. The zero-order valence-corrected chi connectivity index (χ0v) is 9.63. The van der Waals surface area contributed by atoms with Gasteiger partial charge in [-0.2, -0.15) is 5.10 Å². The van der Waals surface area contributed by atoms with E-state index >= 15 is 0 Å². The topological polar surface area (TPSA) is 95.1 Å². The Bertz CT molecular complexity index is 435. The maximum atomic E-state index is 11.9. The monoisotopic (exact) mass is 245 g/mol. The lowest BCUT2D eigenvalue weighted by atomic mass is 10.0. The molecule has 0 radical (unpaired) electrons. The van der Waals surface area contributed by atoms with Crippen molar-refractivity contribution >= 4 is 10.0 Å². The number of rotatable bonds is 4. The molecule has 7 heteroatoms. The third kappa shape index (κ3) is 2.11. The number of nitrogens with zero attached hydrogens (tertiary/aromatic N) is 1. The molecule has 1 aliphatic carbocycles. The second kappa shape index (κ2) is 4.15. The third-order valence-corrected chi connectivity index (χ3v) is 4.54. The molecule has 3 N–H and O–H groups in total. The zero-order chi connectivity index (χ0) is 11.6. The summed E-state index contributed by atoms with van der Waals surface area (Å²) in [4.78, 5) is 0.104. The molecule has 0 amide bonds. The minimum atomic E-state index is -3.57. The van der Waals surface area contributed by atoms with Crippen LogP contribution in [-0.2, 0) is 10.0 Å². The van der Waals surface area contributed by atoms with Crippen LogP contribution in [0.25, 0.3) is 0 Å². The molecule has 0 aromatic carbocycles. The van der Waals surface area contributed by atoms with Gasteiger partial charge in [-0.05, 0) is 12.8 Å². The van der Waals surface area contributed by atoms with Gasteiger partial charge in [0, 0.05) is 6.20 Å². The SMILES string of the molecule is O=S(=O)(NC1(CO)CCCC1)c1cn[nH]c1. The van der Waals surface area contributed by atoms with Gasteiger partial charge in [-0.3, -0.25) is 5.10 Å². The summed E-state index contributed by atoms with van der Waals surface area (Å²) >= 11 is 0. The minimum absolute atomic E-state index is 0.104. The Morgan fingerprint density at radius 3 is 2.69 bits per heavy atom. The van der Waals surface area contributed by atoms with Gasteiger partial charge >= 0.3 is 0 Å². The molecule has 0 saturated heterocycles. The third-order valence-electron chi connectivity index (χ3n) is 3.00. The lowest BCUT2D eigenvalue weighted by Gasteiger charge is -2.27. The van der Waals surface area contributed by atoms with Gasteiger partial charge < -0.3 is 5.11 Å². The van der Waals surface area contributed by atoms with Crippen LogP contribution in [-0.4, -0.2) is 35.9 Å². The Kier molecular flexibility index (Phi) is 3.00. The Labute approximate surface area is 94.1 Å². The van der Waals surface area contributed by atoms with E-state index in [0.717, 1.165) is 12.8 Å². The number of H-pyrrole nitrogens is 1. The van der Waals surface area contributed by atoms with Gasteiger partial charge in [-0.15, -0.1) is 0 Å². The molecule has 0 bridgehead atoms. The first-order valence-corrected chi connectivity index (χ1v) is 6.70. The van der Waals surface area contributed by atoms with Crippen LogP contribution >= 0.6 is 0 Å². The van der Waals surface area contributed by atoms with Crippen molar-refractivity contribution in [1.29, 1.82) is 0 Å². The number of aromatic nitrogens is 2. The molecule has 1 saturated carbocycles. The van der Waals surface area contributed by atoms with E-state index in [1.165, 1.54) is 12.4 Å². The van der Waals surface area contributed by atoms with Crippen molar-refractivity contribution in [2.75, 3.05) is 6.61 Å². The number of aromatic amines is 1. The fourth-order valence-electron chi connectivity index (χ4n) is 2.07. The van der Waals surface area contributed by atoms with Crippen molar-refractivity contribution in [3.63, 3.8) is 0 Å². The first-order chi connectivity index (χ1) is 7.58. The number of aliphatic hydroxyl groups excluding tert-OH is 1. The molecule has 0 aliphatic heterocycles. The first kappa shape index (κ1) is 11.6. The Balaban J connectivity index is 2.20. The molecular weight excluding hydrogens is 230 g/mol. The van der Waals surface area contributed by atoms with Gasteiger partial charge in [0.25, 0.3) is 0 Å². The van der Waals surface area contributed by atoms with Gasteiger partial charge in [-0.25, -0.2) is 13.1 Å². The van der Waals surface area contributed by atoms with Crippen molar-refractivity contribution in [2.24, 2.45) is 0 Å². The number of nitrogens with one attached hydrogen (secondary N) is 2. The molecule has 1 fully saturated rings. The van der Waals surface area contributed by atoms with Crippen LogP contribution in [0.4, 0.5) is 0 Å². The number of aliphatic hydroxyl groups is 1. The summed E-state index contributed by atoms with van der Waals surface area (Å²) in [7, 11) is -3.57. The highest BCUT2D eigenvalue weighted by atomic mass is 32.2. The summed E-state index contributed by atoms with van der Waals surface area (Å²) in [6, 6.07) is 0. The molecule has 1 aromatic heterocycles. The van der Waals surface area contributed by atoms with Gasteiger partial charge in [0.1, 0.15) is 4.90 Å². The lowest BCUT2D eigenvalue weighted by molar-refractivity contribution is 0.185. The van der Waals surface area contributed by atoms with E-state index in [-0.39, 0.29) is 11.5 Å². The van der Waals surface area contributed by atoms with Crippen LogP contribution in [0.5, 0.6) is 0 Å². The molecular formula is C9H15N3O3S. The molecule has 0 unspecified atom stereocenters. The van der Waals surface area contributed by atoms with E-state index in [1.54, 1.807) is 0 Å². The normalized spacial score (nSPS) is 20.1. The Morgan fingerprint density at radius 1 is 1.50 bits per heavy atom. The minimum Gasteiger partial charge on any atom is -0.394 e. The standard InChI is InChI=1S/C9H15N3O3S/c13-7-9(3-1-2-4-9)12-16(14,15)8-5-10-11-6-8/h5-6,12-13H,1-4,7H2,(H,10,11). The predicted octanol–water partition coefficient (Wildman–Crippen LogP) is -0.00690. The second-order valence-electron chi connectivity index (χ2n) is 4.19. The summed E-state index contributed by atoms with van der Waals surface area (Å²) in [5.74, 6) is 0. The van der Waals surface area contributed by atoms with Crippen molar-refractivity contribution in [3.8, 4) is 0 Å². The lowest BCUT2D eigenvalue weighted by Crippen LogP contribution is -2.48. The first-order valence-electron chi connectivity index (χ1n) is 5.22. The van der Waals surface area contributed by atoms with Gasteiger partial charge in [0.2, 0.25) is 10.0 Å². The molecule has 0 atom stereocenters. The van der Waals surface area contributed by atoms with Crippen molar-refractivity contribution in [3.05, 3.63) is 12.4 Å². The quantitative estimate of drug-likeness (QED) is 0.695. The van der Waals surface area contributed by atoms with Gasteiger partial charge in [-0.1, -0.05) is 12.8 Å². The van der Waals surface area contributed by atoms with Gasteiger partial charge in [0.15, 0.2) is 0 Å². The summed E-state index contributed by atoms with van der Waals surface area (Å²) < 4.78 is 26.4. The Morgan fingerprint density at radius 2 is 2.19 bits per heavy atom. The largest absolute Gasteiger partial charge is 0.394 e. The van der Waals surface area contributed by atoms with E-state index in [9.17, 15) is 13.5 Å².